The smallest absolute Gasteiger partial charge is 0.350 e. The molecule has 0 atom stereocenters. The largest absolute Gasteiger partial charge is 0.462 e. The first-order valence-corrected chi connectivity index (χ1v) is 5.74. The third-order valence-electron chi connectivity index (χ3n) is 2.09. The van der Waals surface area contributed by atoms with Crippen molar-refractivity contribution in [1.82, 2.24) is 0 Å². The molecule has 96 valence electrons. The van der Waals surface area contributed by atoms with Gasteiger partial charge in [0.1, 0.15) is 6.07 Å². The molecule has 0 heterocycles. The summed E-state index contributed by atoms with van der Waals surface area (Å²) in [4.78, 5) is 12.5. The predicted octanol–water partition coefficient (Wildman–Crippen LogP) is 2.60. The summed E-state index contributed by atoms with van der Waals surface area (Å²) in [5.41, 5.74) is 0.104. The van der Waals surface area contributed by atoms with E-state index in [1.165, 1.54) is 0 Å². The highest BCUT2D eigenvalue weighted by atomic mass is 35.5. The predicted molar refractivity (Wildman–Crippen MR) is 69.9 cm³/mol. The van der Waals surface area contributed by atoms with Gasteiger partial charge in [-0.1, -0.05) is 23.7 Å². The molecule has 0 fully saturated rings. The average Bonchev–Trinajstić information content (AvgIpc) is 2.41. The van der Waals surface area contributed by atoms with E-state index >= 15 is 0 Å². The summed E-state index contributed by atoms with van der Waals surface area (Å²) < 4.78 is 4.71. The molecule has 0 aliphatic carbocycles. The van der Waals surface area contributed by atoms with Crippen LogP contribution in [0.25, 0.3) is 0 Å². The highest BCUT2D eigenvalue weighted by Gasteiger charge is 2.14. The minimum Gasteiger partial charge on any atom is -0.462 e. The number of ether oxygens (including phenoxy) is 1. The molecule has 0 aliphatic heterocycles. The van der Waals surface area contributed by atoms with Crippen molar-refractivity contribution in [3.63, 3.8) is 0 Å². The Morgan fingerprint density at radius 1 is 1.47 bits per heavy atom. The molecule has 0 radical (unpaired) electrons. The zero-order valence-corrected chi connectivity index (χ0v) is 10.9. The summed E-state index contributed by atoms with van der Waals surface area (Å²) in [6.07, 6.45) is 2.93. The van der Waals surface area contributed by atoms with Gasteiger partial charge < -0.3 is 4.74 Å². The molecule has 0 amide bonds. The Hall–Kier alpha value is -2.50. The molecule has 0 spiro atoms. The van der Waals surface area contributed by atoms with Crippen LogP contribution in [0.4, 0.5) is 5.69 Å². The Kier molecular flexibility index (Phi) is 5.40. The fraction of sp³-hybridized carbons (Fsp3) is 0.154. The molecule has 1 rings (SSSR count). The van der Waals surface area contributed by atoms with E-state index in [2.05, 4.69) is 0 Å². The molecule has 5 nitrogen and oxygen atoms in total. The number of anilines is 1. The number of carbonyl (C=O) groups excluding carboxylic acids is 1. The fourth-order valence-corrected chi connectivity index (χ4v) is 1.49. The minimum absolute atomic E-state index is 0.149. The summed E-state index contributed by atoms with van der Waals surface area (Å²) in [6.45, 7) is 1.78. The van der Waals surface area contributed by atoms with Gasteiger partial charge in [-0.2, -0.15) is 10.5 Å². The van der Waals surface area contributed by atoms with Crippen LogP contribution >= 0.6 is 11.6 Å². The van der Waals surface area contributed by atoms with E-state index in [4.69, 9.17) is 26.9 Å². The first-order chi connectivity index (χ1) is 9.13. The van der Waals surface area contributed by atoms with Gasteiger partial charge in [0, 0.05) is 6.20 Å². The van der Waals surface area contributed by atoms with Gasteiger partial charge in [0.25, 0.3) is 0 Å². The number of para-hydroxylation sites is 1. The molecule has 0 aliphatic rings. The molecule has 6 heteroatoms. The van der Waals surface area contributed by atoms with Crippen LogP contribution in [0.5, 0.6) is 0 Å². The number of nitriles is 2. The lowest BCUT2D eigenvalue weighted by Crippen LogP contribution is -2.14. The van der Waals surface area contributed by atoms with Crippen LogP contribution in [0.15, 0.2) is 36.0 Å². The van der Waals surface area contributed by atoms with E-state index in [0.717, 1.165) is 11.1 Å². The van der Waals surface area contributed by atoms with Gasteiger partial charge in [0.2, 0.25) is 0 Å². The molecule has 19 heavy (non-hydrogen) atoms. The molecular formula is C13H10ClN3O2. The average molecular weight is 276 g/mol. The van der Waals surface area contributed by atoms with E-state index in [9.17, 15) is 4.79 Å². The topological polar surface area (TPSA) is 77.1 Å². The van der Waals surface area contributed by atoms with Crippen molar-refractivity contribution >= 4 is 23.3 Å². The summed E-state index contributed by atoms with van der Waals surface area (Å²) in [5.74, 6) is -0.780. The van der Waals surface area contributed by atoms with E-state index in [-0.39, 0.29) is 12.2 Å². The van der Waals surface area contributed by atoms with Crippen molar-refractivity contribution in [2.75, 3.05) is 11.5 Å². The maximum Gasteiger partial charge on any atom is 0.350 e. The van der Waals surface area contributed by atoms with Gasteiger partial charge in [0.15, 0.2) is 11.8 Å². The molecule has 0 bridgehead atoms. The van der Waals surface area contributed by atoms with Gasteiger partial charge in [-0.05, 0) is 19.1 Å². The van der Waals surface area contributed by atoms with Crippen LogP contribution < -0.4 is 4.90 Å². The normalized spacial score (nSPS) is 10.2. The first kappa shape index (κ1) is 14.6. The number of halogens is 1. The molecule has 0 saturated carbocycles. The highest BCUT2D eigenvalue weighted by Crippen LogP contribution is 2.25. The maximum atomic E-state index is 11.5. The second kappa shape index (κ2) is 7.05. The van der Waals surface area contributed by atoms with Crippen LogP contribution in [0.1, 0.15) is 6.92 Å². The Morgan fingerprint density at radius 2 is 2.16 bits per heavy atom. The Morgan fingerprint density at radius 3 is 2.68 bits per heavy atom. The number of esters is 1. The second-order valence-electron chi connectivity index (χ2n) is 3.30. The molecule has 1 aromatic rings. The number of benzene rings is 1. The number of hydrogen-bond donors (Lipinski definition) is 0. The SMILES string of the molecule is CCOC(=O)C(C#N)=CN(C#N)c1ccccc1Cl. The molecular weight excluding hydrogens is 266 g/mol. The van der Waals surface area contributed by atoms with E-state index in [0.29, 0.717) is 10.7 Å². The molecule has 0 saturated heterocycles. The van der Waals surface area contributed by atoms with Crippen molar-refractivity contribution in [1.29, 1.82) is 10.5 Å². The quantitative estimate of drug-likeness (QED) is 0.277. The molecule has 0 unspecified atom stereocenters. The zero-order chi connectivity index (χ0) is 14.3. The third-order valence-corrected chi connectivity index (χ3v) is 2.41. The second-order valence-corrected chi connectivity index (χ2v) is 3.70. The highest BCUT2D eigenvalue weighted by molar-refractivity contribution is 6.33. The van der Waals surface area contributed by atoms with Gasteiger partial charge >= 0.3 is 5.97 Å². The first-order valence-electron chi connectivity index (χ1n) is 5.36. The Balaban J connectivity index is 3.12. The summed E-state index contributed by atoms with van der Waals surface area (Å²) in [5, 5.41) is 18.3. The lowest BCUT2D eigenvalue weighted by atomic mass is 10.2. The van der Waals surface area contributed by atoms with E-state index < -0.39 is 5.97 Å². The van der Waals surface area contributed by atoms with Crippen molar-refractivity contribution in [3.8, 4) is 12.3 Å². The minimum atomic E-state index is -0.780. The number of hydrogen-bond acceptors (Lipinski definition) is 5. The van der Waals surface area contributed by atoms with Crippen molar-refractivity contribution in [3.05, 3.63) is 41.1 Å². The van der Waals surface area contributed by atoms with Crippen LogP contribution in [0.3, 0.4) is 0 Å². The van der Waals surface area contributed by atoms with Crippen LogP contribution in [-0.4, -0.2) is 12.6 Å². The monoisotopic (exact) mass is 275 g/mol. The van der Waals surface area contributed by atoms with Gasteiger partial charge in [-0.3, -0.25) is 4.90 Å². The van der Waals surface area contributed by atoms with Gasteiger partial charge in [0.05, 0.1) is 17.3 Å². The van der Waals surface area contributed by atoms with Crippen molar-refractivity contribution in [2.45, 2.75) is 6.92 Å². The Bertz CT molecular complexity index is 584. The summed E-state index contributed by atoms with van der Waals surface area (Å²) in [7, 11) is 0. The fourth-order valence-electron chi connectivity index (χ4n) is 1.26. The third kappa shape index (κ3) is 3.74. The molecule has 0 N–H and O–H groups in total. The number of rotatable bonds is 4. The van der Waals surface area contributed by atoms with E-state index in [1.807, 2.05) is 6.19 Å². The molecule has 0 aromatic heterocycles. The summed E-state index contributed by atoms with van der Waals surface area (Å²) in [6, 6.07) is 8.29. The molecule has 1 aromatic carbocycles. The zero-order valence-electron chi connectivity index (χ0n) is 10.1. The van der Waals surface area contributed by atoms with Crippen LogP contribution in [0.2, 0.25) is 5.02 Å². The lowest BCUT2D eigenvalue weighted by molar-refractivity contribution is -0.138. The van der Waals surface area contributed by atoms with E-state index in [1.54, 1.807) is 37.3 Å². The Labute approximate surface area is 115 Å². The standard InChI is InChI=1S/C13H10ClN3O2/c1-2-19-13(18)10(7-15)8-17(9-16)12-6-4-3-5-11(12)14/h3-6,8H,2H2,1H3. The maximum absolute atomic E-state index is 11.5. The van der Waals surface area contributed by atoms with Gasteiger partial charge in [-0.25, -0.2) is 4.79 Å². The van der Waals surface area contributed by atoms with Crippen molar-refractivity contribution in [2.24, 2.45) is 0 Å². The lowest BCUT2D eigenvalue weighted by Gasteiger charge is -2.12. The van der Waals surface area contributed by atoms with Crippen LogP contribution in [0, 0.1) is 22.8 Å². The van der Waals surface area contributed by atoms with Crippen molar-refractivity contribution < 1.29 is 9.53 Å². The van der Waals surface area contributed by atoms with Gasteiger partial charge in [-0.15, -0.1) is 0 Å². The number of nitrogens with zero attached hydrogens (tertiary/aromatic N) is 3. The van der Waals surface area contributed by atoms with Crippen LogP contribution in [-0.2, 0) is 9.53 Å². The number of carbonyl (C=O) groups is 1. The summed E-state index contributed by atoms with van der Waals surface area (Å²) >= 11 is 5.94.